The predicted octanol–water partition coefficient (Wildman–Crippen LogP) is 0.604. The largest absolute Gasteiger partial charge is 0.331 e. The number of hydrogen-bond donors (Lipinski definition) is 2. The molecular formula is C12H18Cl2N4O2. The second-order valence-corrected chi connectivity index (χ2v) is 4.23. The third-order valence-corrected chi connectivity index (χ3v) is 2.82. The number of pyridine rings is 1. The topological polar surface area (TPSA) is 74.3 Å². The van der Waals surface area contributed by atoms with Crippen LogP contribution < -0.4 is 10.6 Å². The van der Waals surface area contributed by atoms with Crippen molar-refractivity contribution in [3.05, 3.63) is 24.0 Å². The summed E-state index contributed by atoms with van der Waals surface area (Å²) in [5.41, 5.74) is 1.63. The molecule has 1 aliphatic rings. The van der Waals surface area contributed by atoms with E-state index in [1.807, 2.05) is 6.92 Å². The average Bonchev–Trinajstić information content (AvgIpc) is 2.35. The number of carbonyl (C=O) groups is 2. The zero-order valence-corrected chi connectivity index (χ0v) is 12.7. The van der Waals surface area contributed by atoms with E-state index in [0.29, 0.717) is 13.1 Å². The molecule has 1 saturated heterocycles. The fourth-order valence-electron chi connectivity index (χ4n) is 1.79. The molecular weight excluding hydrogens is 303 g/mol. The van der Waals surface area contributed by atoms with Crippen LogP contribution in [0.4, 0.5) is 5.69 Å². The van der Waals surface area contributed by atoms with Gasteiger partial charge in [-0.2, -0.15) is 0 Å². The number of anilines is 1. The van der Waals surface area contributed by atoms with Crippen LogP contribution in [-0.2, 0) is 9.59 Å². The van der Waals surface area contributed by atoms with E-state index in [4.69, 9.17) is 0 Å². The Bertz CT molecular complexity index is 471. The van der Waals surface area contributed by atoms with Gasteiger partial charge in [-0.15, -0.1) is 24.8 Å². The molecule has 20 heavy (non-hydrogen) atoms. The maximum absolute atomic E-state index is 11.8. The van der Waals surface area contributed by atoms with Gasteiger partial charge in [-0.05, 0) is 18.6 Å². The van der Waals surface area contributed by atoms with E-state index in [1.54, 1.807) is 23.4 Å². The van der Waals surface area contributed by atoms with E-state index in [-0.39, 0.29) is 43.2 Å². The van der Waals surface area contributed by atoms with Gasteiger partial charge in [0, 0.05) is 31.2 Å². The number of aromatic nitrogens is 1. The second-order valence-electron chi connectivity index (χ2n) is 4.23. The van der Waals surface area contributed by atoms with Gasteiger partial charge in [-0.3, -0.25) is 14.6 Å². The Morgan fingerprint density at radius 2 is 2.25 bits per heavy atom. The molecule has 1 aromatic rings. The van der Waals surface area contributed by atoms with Gasteiger partial charge in [0.25, 0.3) is 0 Å². The van der Waals surface area contributed by atoms with Crippen molar-refractivity contribution in [2.75, 3.05) is 31.5 Å². The summed E-state index contributed by atoms with van der Waals surface area (Å²) >= 11 is 0. The van der Waals surface area contributed by atoms with Crippen molar-refractivity contribution >= 4 is 42.3 Å². The van der Waals surface area contributed by atoms with Crippen LogP contribution >= 0.6 is 24.8 Å². The SMILES string of the molecule is Cc1cnccc1NC(=O)CN1CCNCC1=O.Cl.Cl. The van der Waals surface area contributed by atoms with Crippen molar-refractivity contribution in [1.82, 2.24) is 15.2 Å². The Morgan fingerprint density at radius 3 is 2.90 bits per heavy atom. The van der Waals surface area contributed by atoms with Crippen LogP contribution in [0.1, 0.15) is 5.56 Å². The number of halogens is 2. The molecule has 0 radical (unpaired) electrons. The summed E-state index contributed by atoms with van der Waals surface area (Å²) in [7, 11) is 0. The Morgan fingerprint density at radius 1 is 1.50 bits per heavy atom. The molecule has 1 fully saturated rings. The summed E-state index contributed by atoms with van der Waals surface area (Å²) in [6.45, 7) is 3.58. The minimum absolute atomic E-state index is 0. The van der Waals surface area contributed by atoms with Crippen LogP contribution in [0.25, 0.3) is 0 Å². The molecule has 2 N–H and O–H groups in total. The van der Waals surface area contributed by atoms with Gasteiger partial charge in [-0.1, -0.05) is 0 Å². The second kappa shape index (κ2) is 8.73. The Labute approximate surface area is 130 Å². The molecule has 0 aromatic carbocycles. The minimum Gasteiger partial charge on any atom is -0.331 e. The number of hydrogen-bond acceptors (Lipinski definition) is 4. The van der Waals surface area contributed by atoms with E-state index >= 15 is 0 Å². The Hall–Kier alpha value is -1.37. The molecule has 2 heterocycles. The van der Waals surface area contributed by atoms with Crippen molar-refractivity contribution in [3.63, 3.8) is 0 Å². The van der Waals surface area contributed by atoms with Crippen molar-refractivity contribution < 1.29 is 9.59 Å². The van der Waals surface area contributed by atoms with Crippen molar-refractivity contribution in [2.24, 2.45) is 0 Å². The highest BCUT2D eigenvalue weighted by Gasteiger charge is 2.20. The number of nitrogens with zero attached hydrogens (tertiary/aromatic N) is 2. The summed E-state index contributed by atoms with van der Waals surface area (Å²) in [6.07, 6.45) is 3.31. The quantitative estimate of drug-likeness (QED) is 0.855. The number of rotatable bonds is 3. The van der Waals surface area contributed by atoms with Gasteiger partial charge in [0.1, 0.15) is 0 Å². The Balaban J connectivity index is 0.00000180. The van der Waals surface area contributed by atoms with Crippen LogP contribution in [0.5, 0.6) is 0 Å². The van der Waals surface area contributed by atoms with Crippen molar-refractivity contribution in [2.45, 2.75) is 6.92 Å². The molecule has 0 spiro atoms. The smallest absolute Gasteiger partial charge is 0.244 e. The highest BCUT2D eigenvalue weighted by atomic mass is 35.5. The van der Waals surface area contributed by atoms with E-state index in [2.05, 4.69) is 15.6 Å². The van der Waals surface area contributed by atoms with Gasteiger partial charge in [0.05, 0.1) is 13.1 Å². The number of carbonyl (C=O) groups excluding carboxylic acids is 2. The maximum Gasteiger partial charge on any atom is 0.244 e. The lowest BCUT2D eigenvalue weighted by atomic mass is 10.2. The van der Waals surface area contributed by atoms with E-state index in [0.717, 1.165) is 17.8 Å². The molecule has 0 bridgehead atoms. The van der Waals surface area contributed by atoms with Crippen LogP contribution in [0.15, 0.2) is 18.5 Å². The lowest BCUT2D eigenvalue weighted by molar-refractivity contribution is -0.135. The summed E-state index contributed by atoms with van der Waals surface area (Å²) < 4.78 is 0. The molecule has 8 heteroatoms. The molecule has 2 amide bonds. The molecule has 112 valence electrons. The summed E-state index contributed by atoms with van der Waals surface area (Å²) in [5.74, 6) is -0.220. The van der Waals surface area contributed by atoms with Crippen molar-refractivity contribution in [1.29, 1.82) is 0 Å². The predicted molar refractivity (Wildman–Crippen MR) is 81.5 cm³/mol. The van der Waals surface area contributed by atoms with E-state index in [1.165, 1.54) is 0 Å². The highest BCUT2D eigenvalue weighted by Crippen LogP contribution is 2.11. The summed E-state index contributed by atoms with van der Waals surface area (Å²) in [5, 5.41) is 5.75. The molecule has 0 saturated carbocycles. The van der Waals surface area contributed by atoms with Crippen LogP contribution in [0, 0.1) is 6.92 Å². The molecule has 0 atom stereocenters. The number of piperazine rings is 1. The molecule has 0 aliphatic carbocycles. The van der Waals surface area contributed by atoms with Gasteiger partial charge in [0.2, 0.25) is 11.8 Å². The first-order chi connectivity index (χ1) is 8.66. The maximum atomic E-state index is 11.8. The third-order valence-electron chi connectivity index (χ3n) is 2.82. The standard InChI is InChI=1S/C12H16N4O2.2ClH/c1-9-6-13-3-2-10(9)15-11(17)8-16-5-4-14-7-12(16)18;;/h2-3,6,14H,4-5,7-8H2,1H3,(H,13,15,17);2*1H. The van der Waals surface area contributed by atoms with Crippen LogP contribution in [0.2, 0.25) is 0 Å². The minimum atomic E-state index is -0.181. The lowest BCUT2D eigenvalue weighted by Crippen LogP contribution is -2.50. The molecule has 0 unspecified atom stereocenters. The van der Waals surface area contributed by atoms with Gasteiger partial charge in [0.15, 0.2) is 0 Å². The highest BCUT2D eigenvalue weighted by molar-refractivity contribution is 5.95. The first-order valence-electron chi connectivity index (χ1n) is 5.86. The third kappa shape index (κ3) is 4.96. The van der Waals surface area contributed by atoms with E-state index in [9.17, 15) is 9.59 Å². The van der Waals surface area contributed by atoms with Gasteiger partial charge >= 0.3 is 0 Å². The number of nitrogens with one attached hydrogen (secondary N) is 2. The molecule has 2 rings (SSSR count). The molecule has 1 aliphatic heterocycles. The average molecular weight is 321 g/mol. The Kier molecular flexibility index (Phi) is 8.13. The summed E-state index contributed by atoms with van der Waals surface area (Å²) in [6, 6.07) is 1.74. The summed E-state index contributed by atoms with van der Waals surface area (Å²) in [4.78, 5) is 28.9. The monoisotopic (exact) mass is 320 g/mol. The van der Waals surface area contributed by atoms with Crippen LogP contribution in [-0.4, -0.2) is 47.9 Å². The number of amides is 2. The first-order valence-corrected chi connectivity index (χ1v) is 5.86. The normalized spacial score (nSPS) is 14.1. The molecule has 6 nitrogen and oxygen atoms in total. The first kappa shape index (κ1) is 18.6. The van der Waals surface area contributed by atoms with Crippen LogP contribution in [0.3, 0.4) is 0 Å². The zero-order valence-electron chi connectivity index (χ0n) is 11.1. The molecule has 1 aromatic heterocycles. The number of aryl methyl sites for hydroxylation is 1. The fraction of sp³-hybridized carbons (Fsp3) is 0.417. The lowest BCUT2D eigenvalue weighted by Gasteiger charge is -2.26. The van der Waals surface area contributed by atoms with Gasteiger partial charge in [-0.25, -0.2) is 0 Å². The zero-order chi connectivity index (χ0) is 13.0. The van der Waals surface area contributed by atoms with Crippen molar-refractivity contribution in [3.8, 4) is 0 Å². The fourth-order valence-corrected chi connectivity index (χ4v) is 1.79. The van der Waals surface area contributed by atoms with Gasteiger partial charge < -0.3 is 15.5 Å². The van der Waals surface area contributed by atoms with E-state index < -0.39 is 0 Å².